The summed E-state index contributed by atoms with van der Waals surface area (Å²) in [5.41, 5.74) is 1.19. The predicted octanol–water partition coefficient (Wildman–Crippen LogP) is 2.93. The van der Waals surface area contributed by atoms with Crippen molar-refractivity contribution < 1.29 is 14.4 Å². The third kappa shape index (κ3) is 3.01. The number of aliphatic hydroxyl groups excluding tert-OH is 1. The van der Waals surface area contributed by atoms with Crippen molar-refractivity contribution in [2.24, 2.45) is 0 Å². The van der Waals surface area contributed by atoms with Crippen LogP contribution in [0.25, 0.3) is 0 Å². The Balaban J connectivity index is 1.74. The Morgan fingerprint density at radius 3 is 2.79 bits per heavy atom. The number of nitrogens with one attached hydrogen (secondary N) is 2. The summed E-state index contributed by atoms with van der Waals surface area (Å²) in [5.74, 6) is 1.05. The highest BCUT2D eigenvalue weighted by molar-refractivity contribution is 5.89. The van der Waals surface area contributed by atoms with Crippen LogP contribution in [-0.4, -0.2) is 22.9 Å². The second kappa shape index (κ2) is 5.94. The molecular weight excluding hydrogens is 306 g/mol. The maximum Gasteiger partial charge on any atom is 0.321 e. The number of urea groups is 1. The summed E-state index contributed by atoms with van der Waals surface area (Å²) >= 11 is 0. The number of rotatable bonds is 3. The zero-order valence-electron chi connectivity index (χ0n) is 14.2. The molecule has 1 aromatic carbocycles. The number of aromatic nitrogens is 1. The number of fused-ring (bicyclic) bond motifs is 1. The zero-order valence-corrected chi connectivity index (χ0v) is 14.2. The maximum atomic E-state index is 12.4. The van der Waals surface area contributed by atoms with Crippen LogP contribution < -0.4 is 10.6 Å². The molecule has 128 valence electrons. The smallest absolute Gasteiger partial charge is 0.321 e. The number of amides is 2. The van der Waals surface area contributed by atoms with Gasteiger partial charge in [-0.25, -0.2) is 4.79 Å². The van der Waals surface area contributed by atoms with E-state index in [1.807, 2.05) is 45.0 Å². The molecule has 1 aliphatic carbocycles. The van der Waals surface area contributed by atoms with Crippen molar-refractivity contribution in [2.45, 2.75) is 44.6 Å². The Morgan fingerprint density at radius 2 is 2.12 bits per heavy atom. The van der Waals surface area contributed by atoms with E-state index in [-0.39, 0.29) is 12.0 Å². The van der Waals surface area contributed by atoms with Crippen LogP contribution in [0.1, 0.15) is 44.1 Å². The monoisotopic (exact) mass is 329 g/mol. The Morgan fingerprint density at radius 1 is 1.38 bits per heavy atom. The fourth-order valence-electron chi connectivity index (χ4n) is 3.07. The quantitative estimate of drug-likeness (QED) is 0.808. The summed E-state index contributed by atoms with van der Waals surface area (Å²) in [5, 5.41) is 19.4. The van der Waals surface area contributed by atoms with Crippen molar-refractivity contribution in [3.8, 4) is 0 Å². The van der Waals surface area contributed by atoms with Crippen LogP contribution in [0.2, 0.25) is 0 Å². The number of aryl methyl sites for hydroxylation is 1. The number of hydrogen-bond acceptors (Lipinski definition) is 4. The Bertz CT molecular complexity index is 748. The minimum absolute atomic E-state index is 0.149. The van der Waals surface area contributed by atoms with Crippen LogP contribution in [-0.2, 0) is 17.4 Å². The molecule has 2 amide bonds. The Labute approximate surface area is 141 Å². The molecule has 2 aromatic rings. The molecule has 0 fully saturated rings. The molecule has 6 nitrogen and oxygen atoms in total. The van der Waals surface area contributed by atoms with E-state index in [0.717, 1.165) is 17.5 Å². The van der Waals surface area contributed by atoms with E-state index in [2.05, 4.69) is 15.8 Å². The summed E-state index contributed by atoms with van der Waals surface area (Å²) in [6.45, 7) is 5.87. The molecule has 1 unspecified atom stereocenters. The van der Waals surface area contributed by atoms with Crippen LogP contribution in [0, 0.1) is 0 Å². The minimum Gasteiger partial charge on any atom is -0.394 e. The first-order chi connectivity index (χ1) is 11.3. The van der Waals surface area contributed by atoms with Gasteiger partial charge in [0.05, 0.1) is 12.1 Å². The first-order valence-electron chi connectivity index (χ1n) is 8.10. The summed E-state index contributed by atoms with van der Waals surface area (Å²) in [7, 11) is 0. The summed E-state index contributed by atoms with van der Waals surface area (Å²) in [6, 6.07) is 9.17. The number of hydrogen-bond donors (Lipinski definition) is 3. The van der Waals surface area contributed by atoms with Gasteiger partial charge in [0.25, 0.3) is 0 Å². The fraction of sp³-hybridized carbons (Fsp3) is 0.444. The summed E-state index contributed by atoms with van der Waals surface area (Å²) in [6.07, 6.45) is 1.50. The molecule has 6 heteroatoms. The van der Waals surface area contributed by atoms with Gasteiger partial charge in [-0.1, -0.05) is 50.2 Å². The number of carbonyl (C=O) groups excluding carboxylic acids is 1. The summed E-state index contributed by atoms with van der Waals surface area (Å²) < 4.78 is 5.27. The van der Waals surface area contributed by atoms with Gasteiger partial charge in [0, 0.05) is 11.5 Å². The third-order valence-electron chi connectivity index (χ3n) is 4.47. The van der Waals surface area contributed by atoms with Gasteiger partial charge in [0.1, 0.15) is 5.76 Å². The first-order valence-corrected chi connectivity index (χ1v) is 8.10. The van der Waals surface area contributed by atoms with E-state index in [1.54, 1.807) is 6.07 Å². The number of anilines is 1. The van der Waals surface area contributed by atoms with E-state index >= 15 is 0 Å². The molecule has 1 atom stereocenters. The van der Waals surface area contributed by atoms with Crippen molar-refractivity contribution in [1.82, 2.24) is 10.5 Å². The van der Waals surface area contributed by atoms with Crippen LogP contribution in [0.3, 0.4) is 0 Å². The molecule has 3 N–H and O–H groups in total. The second-order valence-electron chi connectivity index (χ2n) is 7.30. The topological polar surface area (TPSA) is 87.4 Å². The molecule has 0 radical (unpaired) electrons. The van der Waals surface area contributed by atoms with E-state index < -0.39 is 11.6 Å². The molecule has 0 spiro atoms. The van der Waals surface area contributed by atoms with Crippen molar-refractivity contribution in [2.75, 3.05) is 11.9 Å². The van der Waals surface area contributed by atoms with Gasteiger partial charge >= 0.3 is 6.03 Å². The van der Waals surface area contributed by atoms with Crippen molar-refractivity contribution >= 4 is 11.8 Å². The van der Waals surface area contributed by atoms with Crippen LogP contribution in [0.15, 0.2) is 34.9 Å². The van der Waals surface area contributed by atoms with Gasteiger partial charge in [-0.15, -0.1) is 0 Å². The molecule has 0 bridgehead atoms. The molecule has 0 saturated heterocycles. The zero-order chi connectivity index (χ0) is 17.4. The van der Waals surface area contributed by atoms with Gasteiger partial charge in [-0.3, -0.25) is 5.32 Å². The average Bonchev–Trinajstić information content (AvgIpc) is 3.13. The van der Waals surface area contributed by atoms with Crippen molar-refractivity contribution in [3.05, 3.63) is 47.2 Å². The highest BCUT2D eigenvalue weighted by Gasteiger charge is 2.39. The molecule has 3 rings (SSSR count). The third-order valence-corrected chi connectivity index (χ3v) is 4.47. The Hall–Kier alpha value is -2.34. The van der Waals surface area contributed by atoms with Gasteiger partial charge < -0.3 is 14.9 Å². The second-order valence-corrected chi connectivity index (χ2v) is 7.30. The molecular formula is C18H23N3O3. The lowest BCUT2D eigenvalue weighted by atomic mass is 9.93. The van der Waals surface area contributed by atoms with E-state index in [4.69, 9.17) is 4.52 Å². The van der Waals surface area contributed by atoms with E-state index in [0.29, 0.717) is 18.0 Å². The normalized spacial score (nSPS) is 19.8. The lowest BCUT2D eigenvalue weighted by Gasteiger charge is -2.29. The predicted molar refractivity (Wildman–Crippen MR) is 90.9 cm³/mol. The highest BCUT2D eigenvalue weighted by Crippen LogP contribution is 2.36. The summed E-state index contributed by atoms with van der Waals surface area (Å²) in [4.78, 5) is 12.4. The van der Waals surface area contributed by atoms with Gasteiger partial charge in [0.15, 0.2) is 5.82 Å². The Kier molecular flexibility index (Phi) is 4.09. The number of benzene rings is 1. The largest absolute Gasteiger partial charge is 0.394 e. The van der Waals surface area contributed by atoms with E-state index in [1.165, 1.54) is 0 Å². The van der Waals surface area contributed by atoms with Crippen LogP contribution >= 0.6 is 0 Å². The molecule has 1 aliphatic rings. The molecule has 0 aliphatic heterocycles. The first kappa shape index (κ1) is 16.5. The lowest BCUT2D eigenvalue weighted by Crippen LogP contribution is -2.48. The highest BCUT2D eigenvalue weighted by atomic mass is 16.5. The average molecular weight is 329 g/mol. The van der Waals surface area contributed by atoms with Gasteiger partial charge in [0.2, 0.25) is 0 Å². The molecule has 1 aromatic heterocycles. The van der Waals surface area contributed by atoms with Crippen molar-refractivity contribution in [3.63, 3.8) is 0 Å². The van der Waals surface area contributed by atoms with Gasteiger partial charge in [-0.05, 0) is 24.0 Å². The minimum atomic E-state index is -0.753. The van der Waals surface area contributed by atoms with Gasteiger partial charge in [-0.2, -0.15) is 0 Å². The number of carbonyl (C=O) groups is 1. The number of nitrogens with zero attached hydrogens (tertiary/aromatic N) is 1. The molecule has 0 saturated carbocycles. The maximum absolute atomic E-state index is 12.4. The van der Waals surface area contributed by atoms with Crippen molar-refractivity contribution in [1.29, 1.82) is 0 Å². The fourth-order valence-corrected chi connectivity index (χ4v) is 3.07. The molecule has 24 heavy (non-hydrogen) atoms. The van der Waals surface area contributed by atoms with E-state index in [9.17, 15) is 9.90 Å². The lowest BCUT2D eigenvalue weighted by molar-refractivity contribution is 0.164. The van der Waals surface area contributed by atoms with Crippen LogP contribution in [0.4, 0.5) is 10.6 Å². The van der Waals surface area contributed by atoms with Crippen LogP contribution in [0.5, 0.6) is 0 Å². The number of aliphatic hydroxyl groups is 1. The SMILES string of the molecule is CC(C)(C)c1cc(NC(=O)NC2(CO)CCc3ccccc32)no1. The molecule has 1 heterocycles. The standard InChI is InChI=1S/C18H23N3O3/c1-17(2,3)14-10-15(21-24-14)19-16(23)20-18(11-22)9-8-12-6-4-5-7-13(12)18/h4-7,10,22H,8-9,11H2,1-3H3,(H2,19,20,21,23).